The number of nitro benzene ring substituents is 1. The second-order valence-corrected chi connectivity index (χ2v) is 5.00. The minimum Gasteiger partial charge on any atom is -0.394 e. The highest BCUT2D eigenvalue weighted by Crippen LogP contribution is 2.23. The molecule has 1 atom stereocenters. The molecule has 1 amide bonds. The Kier molecular flexibility index (Phi) is 5.71. The molecule has 1 rings (SSSR count). The average molecular weight is 302 g/mol. The zero-order valence-electron chi connectivity index (χ0n) is 11.6. The Morgan fingerprint density at radius 3 is 2.52 bits per heavy atom. The van der Waals surface area contributed by atoms with Crippen molar-refractivity contribution < 1.29 is 23.6 Å². The van der Waals surface area contributed by atoms with E-state index in [0.29, 0.717) is 18.6 Å². The maximum absolute atomic E-state index is 13.8. The Morgan fingerprint density at radius 1 is 1.43 bits per heavy atom. The number of rotatable bonds is 6. The molecule has 2 N–H and O–H groups in total. The van der Waals surface area contributed by atoms with Gasteiger partial charge in [0.25, 0.3) is 5.91 Å². The molecule has 1 aromatic rings. The van der Waals surface area contributed by atoms with Crippen LogP contribution in [0.25, 0.3) is 0 Å². The molecule has 0 aliphatic carbocycles. The number of carbonyl (C=O) groups is 1. The van der Waals surface area contributed by atoms with E-state index in [0.717, 1.165) is 0 Å². The van der Waals surface area contributed by atoms with Crippen LogP contribution in [0.15, 0.2) is 12.1 Å². The summed E-state index contributed by atoms with van der Waals surface area (Å²) in [5, 5.41) is 22.0. The number of aliphatic hydroxyl groups excluding tert-OH is 1. The number of amides is 1. The Morgan fingerprint density at radius 2 is 2.05 bits per heavy atom. The summed E-state index contributed by atoms with van der Waals surface area (Å²) in [6.07, 6.45) is 0.403. The topological polar surface area (TPSA) is 92.5 Å². The first-order valence-electron chi connectivity index (χ1n) is 6.32. The number of nitro groups is 1. The molecule has 0 saturated carbocycles. The third-order valence-electron chi connectivity index (χ3n) is 2.81. The highest BCUT2D eigenvalue weighted by molar-refractivity contribution is 5.95. The summed E-state index contributed by atoms with van der Waals surface area (Å²) in [7, 11) is 0. The lowest BCUT2D eigenvalue weighted by Gasteiger charge is -2.18. The maximum Gasteiger partial charge on any atom is 0.305 e. The third kappa shape index (κ3) is 4.19. The summed E-state index contributed by atoms with van der Waals surface area (Å²) < 4.78 is 27.4. The van der Waals surface area contributed by atoms with Crippen LogP contribution >= 0.6 is 0 Å². The predicted molar refractivity (Wildman–Crippen MR) is 70.8 cm³/mol. The van der Waals surface area contributed by atoms with Gasteiger partial charge in [-0.1, -0.05) is 13.8 Å². The molecule has 116 valence electrons. The predicted octanol–water partition coefficient (Wildman–Crippen LogP) is 2.01. The van der Waals surface area contributed by atoms with Gasteiger partial charge in [0.1, 0.15) is 11.4 Å². The summed E-state index contributed by atoms with van der Waals surface area (Å²) in [6.45, 7) is 3.30. The van der Waals surface area contributed by atoms with Crippen molar-refractivity contribution in [3.8, 4) is 0 Å². The van der Waals surface area contributed by atoms with Crippen molar-refractivity contribution in [1.29, 1.82) is 0 Å². The fourth-order valence-corrected chi connectivity index (χ4v) is 1.90. The molecule has 6 nitrogen and oxygen atoms in total. The average Bonchev–Trinajstić information content (AvgIpc) is 2.36. The first-order chi connectivity index (χ1) is 9.77. The van der Waals surface area contributed by atoms with Crippen molar-refractivity contribution in [1.82, 2.24) is 5.32 Å². The summed E-state index contributed by atoms with van der Waals surface area (Å²) in [4.78, 5) is 21.5. The van der Waals surface area contributed by atoms with Crippen LogP contribution < -0.4 is 5.32 Å². The molecule has 0 radical (unpaired) electrons. The lowest BCUT2D eigenvalue weighted by Crippen LogP contribution is -2.39. The van der Waals surface area contributed by atoms with Crippen molar-refractivity contribution in [3.05, 3.63) is 39.4 Å². The molecule has 0 aromatic heterocycles. The van der Waals surface area contributed by atoms with Crippen molar-refractivity contribution in [2.45, 2.75) is 26.3 Å². The smallest absolute Gasteiger partial charge is 0.305 e. The molecule has 1 unspecified atom stereocenters. The monoisotopic (exact) mass is 302 g/mol. The van der Waals surface area contributed by atoms with Crippen LogP contribution in [0, 0.1) is 27.7 Å². The lowest BCUT2D eigenvalue weighted by molar-refractivity contribution is -0.387. The van der Waals surface area contributed by atoms with Gasteiger partial charge in [-0.2, -0.15) is 4.39 Å². The fourth-order valence-electron chi connectivity index (χ4n) is 1.90. The van der Waals surface area contributed by atoms with Gasteiger partial charge in [-0.25, -0.2) is 4.39 Å². The number of carbonyl (C=O) groups excluding carboxylic acids is 1. The number of benzene rings is 1. The van der Waals surface area contributed by atoms with Crippen LogP contribution in [0.1, 0.15) is 30.6 Å². The van der Waals surface area contributed by atoms with E-state index in [1.807, 2.05) is 13.8 Å². The molecule has 0 aliphatic heterocycles. The highest BCUT2D eigenvalue weighted by Gasteiger charge is 2.27. The van der Waals surface area contributed by atoms with Gasteiger partial charge in [0.15, 0.2) is 0 Å². The Bertz CT molecular complexity index is 549. The van der Waals surface area contributed by atoms with Crippen molar-refractivity contribution >= 4 is 11.6 Å². The second-order valence-electron chi connectivity index (χ2n) is 5.00. The van der Waals surface area contributed by atoms with E-state index in [1.54, 1.807) is 0 Å². The maximum atomic E-state index is 13.8. The molecule has 0 heterocycles. The lowest BCUT2D eigenvalue weighted by atomic mass is 10.0. The van der Waals surface area contributed by atoms with Crippen molar-refractivity contribution in [3.63, 3.8) is 0 Å². The van der Waals surface area contributed by atoms with Gasteiger partial charge in [-0.05, 0) is 18.4 Å². The van der Waals surface area contributed by atoms with E-state index < -0.39 is 46.4 Å². The number of nitrogens with zero attached hydrogens (tertiary/aromatic N) is 1. The van der Waals surface area contributed by atoms with Gasteiger partial charge in [-0.15, -0.1) is 0 Å². The number of hydrogen-bond acceptors (Lipinski definition) is 4. The molecule has 1 aromatic carbocycles. The number of halogens is 2. The van der Waals surface area contributed by atoms with Gasteiger partial charge < -0.3 is 10.4 Å². The fraction of sp³-hybridized carbons (Fsp3) is 0.462. The van der Waals surface area contributed by atoms with Gasteiger partial charge in [-0.3, -0.25) is 14.9 Å². The molecule has 0 spiro atoms. The SMILES string of the molecule is CC(C)CC(CO)NC(=O)c1c(F)ccc([N+](=O)[O-])c1F. The van der Waals surface area contributed by atoms with E-state index in [1.165, 1.54) is 0 Å². The quantitative estimate of drug-likeness (QED) is 0.621. The molecule has 0 bridgehead atoms. The number of hydrogen-bond donors (Lipinski definition) is 2. The standard InChI is InChI=1S/C13H16F2N2O4/c1-7(2)5-8(6-18)16-13(19)11-9(14)3-4-10(12(11)15)17(20)21/h3-4,7-8,18H,5-6H2,1-2H3,(H,16,19). The molecule has 0 fully saturated rings. The number of aliphatic hydroxyl groups is 1. The van der Waals surface area contributed by atoms with Crippen LogP contribution in [-0.2, 0) is 0 Å². The first-order valence-corrected chi connectivity index (χ1v) is 6.32. The number of nitrogens with one attached hydrogen (secondary N) is 1. The summed E-state index contributed by atoms with van der Waals surface area (Å²) >= 11 is 0. The summed E-state index contributed by atoms with van der Waals surface area (Å²) in [5.74, 6) is -3.72. The van der Waals surface area contributed by atoms with E-state index >= 15 is 0 Å². The molecule has 0 aliphatic rings. The van der Waals surface area contributed by atoms with Crippen molar-refractivity contribution in [2.24, 2.45) is 5.92 Å². The normalized spacial score (nSPS) is 12.3. The van der Waals surface area contributed by atoms with Gasteiger partial charge in [0.05, 0.1) is 17.6 Å². The van der Waals surface area contributed by atoms with Crippen LogP contribution in [0.4, 0.5) is 14.5 Å². The Labute approximate surface area is 119 Å². The minimum absolute atomic E-state index is 0.141. The summed E-state index contributed by atoms with van der Waals surface area (Å²) in [6, 6.07) is 0.626. The molecule has 8 heteroatoms. The largest absolute Gasteiger partial charge is 0.394 e. The van der Waals surface area contributed by atoms with Crippen LogP contribution in [0.2, 0.25) is 0 Å². The molecule has 0 saturated heterocycles. The molecule has 21 heavy (non-hydrogen) atoms. The van der Waals surface area contributed by atoms with Gasteiger partial charge in [0, 0.05) is 6.07 Å². The minimum atomic E-state index is -1.53. The van der Waals surface area contributed by atoms with Crippen LogP contribution in [-0.4, -0.2) is 28.6 Å². The molecular formula is C13H16F2N2O4. The van der Waals surface area contributed by atoms with Gasteiger partial charge >= 0.3 is 5.69 Å². The Balaban J connectivity index is 3.07. The molecular weight excluding hydrogens is 286 g/mol. The van der Waals surface area contributed by atoms with E-state index in [-0.39, 0.29) is 5.92 Å². The van der Waals surface area contributed by atoms with E-state index in [4.69, 9.17) is 5.11 Å². The second kappa shape index (κ2) is 7.07. The third-order valence-corrected chi connectivity index (χ3v) is 2.81. The van der Waals surface area contributed by atoms with Crippen LogP contribution in [0.5, 0.6) is 0 Å². The van der Waals surface area contributed by atoms with Crippen LogP contribution in [0.3, 0.4) is 0 Å². The van der Waals surface area contributed by atoms with Gasteiger partial charge in [0.2, 0.25) is 5.82 Å². The Hall–Kier alpha value is -2.09. The zero-order valence-corrected chi connectivity index (χ0v) is 11.6. The highest BCUT2D eigenvalue weighted by atomic mass is 19.1. The van der Waals surface area contributed by atoms with E-state index in [2.05, 4.69) is 5.32 Å². The summed E-state index contributed by atoms with van der Waals surface area (Å²) in [5.41, 5.74) is -2.00. The first kappa shape index (κ1) is 17.0. The zero-order chi connectivity index (χ0) is 16.2. The van der Waals surface area contributed by atoms with Crippen molar-refractivity contribution in [2.75, 3.05) is 6.61 Å². The van der Waals surface area contributed by atoms with E-state index in [9.17, 15) is 23.7 Å².